The van der Waals surface area contributed by atoms with Crippen molar-refractivity contribution in [1.29, 1.82) is 0 Å². The molecule has 0 aromatic rings. The van der Waals surface area contributed by atoms with Gasteiger partial charge >= 0.3 is 0 Å². The van der Waals surface area contributed by atoms with Crippen molar-refractivity contribution >= 4 is 11.6 Å². The van der Waals surface area contributed by atoms with Crippen molar-refractivity contribution in [3.05, 3.63) is 22.8 Å². The van der Waals surface area contributed by atoms with E-state index in [-0.39, 0.29) is 17.5 Å². The number of carbonyl (C=O) groups excluding carboxylic acids is 2. The predicted octanol–water partition coefficient (Wildman–Crippen LogP) is 3.08. The Labute approximate surface area is 103 Å². The molecule has 0 saturated carbocycles. The number of hydrogen-bond acceptors (Lipinski definition) is 2. The lowest BCUT2D eigenvalue weighted by molar-refractivity contribution is -0.132. The molecule has 2 nitrogen and oxygen atoms in total. The second kappa shape index (κ2) is 4.25. The minimum Gasteiger partial charge on any atom is -0.285 e. The van der Waals surface area contributed by atoms with E-state index >= 15 is 0 Å². The molecular weight excluding hydrogens is 212 g/mol. The van der Waals surface area contributed by atoms with Crippen molar-refractivity contribution in [3.8, 4) is 0 Å². The minimum atomic E-state index is -0.306. The summed E-state index contributed by atoms with van der Waals surface area (Å²) < 4.78 is 0. The molecule has 2 atom stereocenters. The van der Waals surface area contributed by atoms with Crippen molar-refractivity contribution < 1.29 is 9.59 Å². The van der Waals surface area contributed by atoms with Gasteiger partial charge in [-0.25, -0.2) is 0 Å². The minimum absolute atomic E-state index is 0.237. The molecule has 0 aromatic carbocycles. The number of carbonyl (C=O) groups is 2. The molecule has 2 rings (SSSR count). The number of Topliss-reactive ketones (excluding diaryl/α,β-unsaturated/α-hetero) is 2. The van der Waals surface area contributed by atoms with Gasteiger partial charge in [0.05, 0.1) is 0 Å². The molecule has 0 radical (unpaired) electrons. The zero-order valence-electron chi connectivity index (χ0n) is 11.0. The van der Waals surface area contributed by atoms with Gasteiger partial charge in [0.15, 0.2) is 0 Å². The number of ketones is 2. The number of rotatable bonds is 1. The van der Waals surface area contributed by atoms with Gasteiger partial charge in [-0.3, -0.25) is 9.59 Å². The van der Waals surface area contributed by atoms with E-state index in [4.69, 9.17) is 0 Å². The van der Waals surface area contributed by atoms with Gasteiger partial charge in [-0.05, 0) is 43.1 Å². The van der Waals surface area contributed by atoms with E-state index in [2.05, 4.69) is 20.8 Å². The average Bonchev–Trinajstić information content (AvgIpc) is 2.25. The molecular formula is C15H20O2. The van der Waals surface area contributed by atoms with Gasteiger partial charge in [-0.2, -0.15) is 0 Å². The first-order valence-electron chi connectivity index (χ1n) is 6.44. The third-order valence-electron chi connectivity index (χ3n) is 4.10. The van der Waals surface area contributed by atoms with Crippen LogP contribution in [0.15, 0.2) is 22.8 Å². The van der Waals surface area contributed by atoms with E-state index in [0.717, 1.165) is 24.0 Å². The van der Waals surface area contributed by atoms with Crippen LogP contribution in [0.5, 0.6) is 0 Å². The summed E-state index contributed by atoms with van der Waals surface area (Å²) in [5, 5.41) is 0. The van der Waals surface area contributed by atoms with E-state index in [0.29, 0.717) is 17.4 Å². The van der Waals surface area contributed by atoms with Crippen LogP contribution in [0.25, 0.3) is 0 Å². The van der Waals surface area contributed by atoms with Crippen LogP contribution in [0, 0.1) is 17.8 Å². The van der Waals surface area contributed by atoms with Gasteiger partial charge in [0.25, 0.3) is 0 Å². The molecule has 0 saturated heterocycles. The van der Waals surface area contributed by atoms with Crippen molar-refractivity contribution in [2.75, 3.05) is 0 Å². The lowest BCUT2D eigenvalue weighted by Crippen LogP contribution is -2.32. The maximum Gasteiger partial charge on any atom is 0.229 e. The zero-order valence-corrected chi connectivity index (χ0v) is 11.0. The summed E-state index contributed by atoms with van der Waals surface area (Å²) in [5.74, 6) is 0.643. The van der Waals surface area contributed by atoms with Gasteiger partial charge in [-0.1, -0.05) is 26.8 Å². The second-order valence-corrected chi connectivity index (χ2v) is 5.68. The molecule has 17 heavy (non-hydrogen) atoms. The Bertz CT molecular complexity index is 438. The Hall–Kier alpha value is -1.18. The standard InChI is InChI=1S/C15H20O2/c1-8(2)11-6-5-9(3)13-12(11)7-10(4)14(16)15(13)17/h7-9,11H,5-6H2,1-4H3. The Morgan fingerprint density at radius 3 is 2.41 bits per heavy atom. The number of allylic oxidation sites excluding steroid dienone is 4. The predicted molar refractivity (Wildman–Crippen MR) is 67.5 cm³/mol. The molecule has 2 aliphatic carbocycles. The molecule has 92 valence electrons. The van der Waals surface area contributed by atoms with Crippen LogP contribution < -0.4 is 0 Å². The number of hydrogen-bond donors (Lipinski definition) is 0. The largest absolute Gasteiger partial charge is 0.285 e. The third kappa shape index (κ3) is 1.90. The molecule has 0 spiro atoms. The molecule has 0 aliphatic heterocycles. The smallest absolute Gasteiger partial charge is 0.229 e. The zero-order chi connectivity index (χ0) is 12.7. The fraction of sp³-hybridized carbons (Fsp3) is 0.600. The van der Waals surface area contributed by atoms with Crippen molar-refractivity contribution in [1.82, 2.24) is 0 Å². The van der Waals surface area contributed by atoms with E-state index in [1.54, 1.807) is 6.92 Å². The summed E-state index contributed by atoms with van der Waals surface area (Å²) in [6.45, 7) is 8.19. The normalized spacial score (nSPS) is 29.6. The summed E-state index contributed by atoms with van der Waals surface area (Å²) in [4.78, 5) is 23.9. The first kappa shape index (κ1) is 12.3. The van der Waals surface area contributed by atoms with E-state index in [1.165, 1.54) is 0 Å². The second-order valence-electron chi connectivity index (χ2n) is 5.68. The molecule has 2 unspecified atom stereocenters. The lowest BCUT2D eigenvalue weighted by Gasteiger charge is -2.34. The van der Waals surface area contributed by atoms with Crippen LogP contribution in [-0.4, -0.2) is 11.6 Å². The summed E-state index contributed by atoms with van der Waals surface area (Å²) in [7, 11) is 0. The lowest BCUT2D eigenvalue weighted by atomic mass is 9.69. The summed E-state index contributed by atoms with van der Waals surface area (Å²) in [5.41, 5.74) is 2.54. The Morgan fingerprint density at radius 2 is 1.82 bits per heavy atom. The highest BCUT2D eigenvalue weighted by Crippen LogP contribution is 2.41. The van der Waals surface area contributed by atoms with E-state index < -0.39 is 0 Å². The average molecular weight is 232 g/mol. The van der Waals surface area contributed by atoms with Crippen LogP contribution >= 0.6 is 0 Å². The molecule has 0 heterocycles. The summed E-state index contributed by atoms with van der Waals surface area (Å²) >= 11 is 0. The highest BCUT2D eigenvalue weighted by molar-refractivity contribution is 6.50. The van der Waals surface area contributed by atoms with Crippen LogP contribution in [0.1, 0.15) is 40.5 Å². The topological polar surface area (TPSA) is 34.1 Å². The van der Waals surface area contributed by atoms with Crippen LogP contribution in [-0.2, 0) is 9.59 Å². The maximum absolute atomic E-state index is 12.1. The fourth-order valence-corrected chi connectivity index (χ4v) is 3.05. The highest BCUT2D eigenvalue weighted by Gasteiger charge is 2.37. The fourth-order valence-electron chi connectivity index (χ4n) is 3.05. The molecule has 0 amide bonds. The van der Waals surface area contributed by atoms with Gasteiger partial charge in [0.2, 0.25) is 11.6 Å². The monoisotopic (exact) mass is 232 g/mol. The molecule has 0 bridgehead atoms. The molecule has 0 fully saturated rings. The molecule has 2 aliphatic rings. The van der Waals surface area contributed by atoms with Gasteiger partial charge in [0.1, 0.15) is 0 Å². The van der Waals surface area contributed by atoms with Crippen molar-refractivity contribution in [2.45, 2.75) is 40.5 Å². The van der Waals surface area contributed by atoms with Gasteiger partial charge < -0.3 is 0 Å². The van der Waals surface area contributed by atoms with Crippen molar-refractivity contribution in [3.63, 3.8) is 0 Å². The van der Waals surface area contributed by atoms with Crippen LogP contribution in [0.2, 0.25) is 0 Å². The van der Waals surface area contributed by atoms with Gasteiger partial charge in [-0.15, -0.1) is 0 Å². The van der Waals surface area contributed by atoms with Crippen molar-refractivity contribution in [2.24, 2.45) is 17.8 Å². The Balaban J connectivity index is 2.55. The highest BCUT2D eigenvalue weighted by atomic mass is 16.2. The third-order valence-corrected chi connectivity index (χ3v) is 4.10. The Morgan fingerprint density at radius 1 is 1.18 bits per heavy atom. The first-order chi connectivity index (χ1) is 7.93. The summed E-state index contributed by atoms with van der Waals surface area (Å²) in [6.07, 6.45) is 4.11. The summed E-state index contributed by atoms with van der Waals surface area (Å²) in [6, 6.07) is 0. The Kier molecular flexibility index (Phi) is 3.07. The van der Waals surface area contributed by atoms with E-state index in [1.807, 2.05) is 6.08 Å². The SMILES string of the molecule is CC1=CC2=C(C(=O)C1=O)C(C)CCC2C(C)C. The first-order valence-corrected chi connectivity index (χ1v) is 6.44. The van der Waals surface area contributed by atoms with Gasteiger partial charge in [0, 0.05) is 11.1 Å². The quantitative estimate of drug-likeness (QED) is 0.514. The van der Waals surface area contributed by atoms with Crippen LogP contribution in [0.3, 0.4) is 0 Å². The molecule has 0 N–H and O–H groups in total. The van der Waals surface area contributed by atoms with Crippen LogP contribution in [0.4, 0.5) is 0 Å². The molecule has 0 aromatic heterocycles. The van der Waals surface area contributed by atoms with E-state index in [9.17, 15) is 9.59 Å². The molecule has 2 heteroatoms. The maximum atomic E-state index is 12.1.